The van der Waals surface area contributed by atoms with Gasteiger partial charge in [-0.25, -0.2) is 0 Å². The minimum atomic E-state index is -0.825. The highest BCUT2D eigenvalue weighted by atomic mass is 32.1. The van der Waals surface area contributed by atoms with Crippen LogP contribution in [0.5, 0.6) is 0 Å². The molecule has 8 heteroatoms. The van der Waals surface area contributed by atoms with Crippen molar-refractivity contribution in [3.05, 3.63) is 52.7 Å². The molecule has 0 aliphatic carbocycles. The number of anilines is 1. The minimum absolute atomic E-state index is 0.0436. The molecule has 2 aliphatic heterocycles. The smallest absolute Gasteiger partial charge is 0.311 e. The number of amides is 2. The van der Waals surface area contributed by atoms with Gasteiger partial charge in [-0.2, -0.15) is 0 Å². The summed E-state index contributed by atoms with van der Waals surface area (Å²) in [5.74, 6) is -0.985. The van der Waals surface area contributed by atoms with E-state index in [-0.39, 0.29) is 11.8 Å². The monoisotopic (exact) mass is 455 g/mol. The number of carbonyl (C=O) groups is 3. The molecule has 2 atom stereocenters. The van der Waals surface area contributed by atoms with E-state index in [4.69, 9.17) is 4.74 Å². The zero-order chi connectivity index (χ0) is 22.5. The number of hydrogen-bond donors (Lipinski definition) is 0. The lowest BCUT2D eigenvalue weighted by molar-refractivity contribution is -0.163. The second kappa shape index (κ2) is 10.2. The first-order valence-electron chi connectivity index (χ1n) is 11.1. The van der Waals surface area contributed by atoms with Gasteiger partial charge in [0.05, 0.1) is 10.8 Å². The molecule has 2 aromatic rings. The quantitative estimate of drug-likeness (QED) is 0.649. The van der Waals surface area contributed by atoms with Crippen molar-refractivity contribution >= 4 is 34.8 Å². The molecule has 2 fully saturated rings. The van der Waals surface area contributed by atoms with Crippen LogP contribution < -0.4 is 4.90 Å². The zero-order valence-electron chi connectivity index (χ0n) is 18.3. The number of hydrogen-bond acceptors (Lipinski definition) is 6. The highest BCUT2D eigenvalue weighted by molar-refractivity contribution is 7.12. The molecular formula is C24H29N3O4S. The summed E-state index contributed by atoms with van der Waals surface area (Å²) in [5, 5.41) is 1.87. The summed E-state index contributed by atoms with van der Waals surface area (Å²) in [6.07, 6.45) is 0.596. The van der Waals surface area contributed by atoms with Crippen molar-refractivity contribution in [1.82, 2.24) is 9.80 Å². The topological polar surface area (TPSA) is 70.2 Å². The Labute approximate surface area is 192 Å². The largest absolute Gasteiger partial charge is 0.452 e. The lowest BCUT2D eigenvalue weighted by atomic mass is 9.98. The van der Waals surface area contributed by atoms with E-state index in [2.05, 4.69) is 17.0 Å². The summed E-state index contributed by atoms with van der Waals surface area (Å²) in [7, 11) is 0. The lowest BCUT2D eigenvalue weighted by Crippen LogP contribution is -2.52. The van der Waals surface area contributed by atoms with Crippen LogP contribution in [0.4, 0.5) is 5.69 Å². The standard InChI is InChI=1S/C24H29N3O4S/c1-18(22(28)26-14-12-25(13-15-26)20-8-3-2-4-9-20)31-24(30)19-7-5-11-27(17-19)23(29)21-10-6-16-32-21/h2-4,6,8-10,16,18-19H,5,7,11-15,17H2,1H3. The van der Waals surface area contributed by atoms with Gasteiger partial charge >= 0.3 is 5.97 Å². The van der Waals surface area contributed by atoms with Gasteiger partial charge in [0, 0.05) is 45.0 Å². The number of para-hydroxylation sites is 1. The fraction of sp³-hybridized carbons (Fsp3) is 0.458. The molecule has 0 radical (unpaired) electrons. The van der Waals surface area contributed by atoms with Crippen LogP contribution in [0.1, 0.15) is 29.4 Å². The van der Waals surface area contributed by atoms with E-state index in [9.17, 15) is 14.4 Å². The molecule has 2 amide bonds. The SMILES string of the molecule is CC(OC(=O)C1CCCN(C(=O)c2cccs2)C1)C(=O)N1CCN(c2ccccc2)CC1. The Bertz CT molecular complexity index is 926. The molecule has 1 aromatic heterocycles. The van der Waals surface area contributed by atoms with Crippen molar-refractivity contribution in [2.45, 2.75) is 25.9 Å². The molecule has 3 heterocycles. The summed E-state index contributed by atoms with van der Waals surface area (Å²) < 4.78 is 5.56. The van der Waals surface area contributed by atoms with Crippen molar-refractivity contribution in [3.63, 3.8) is 0 Å². The number of carbonyl (C=O) groups excluding carboxylic acids is 3. The van der Waals surface area contributed by atoms with Crippen LogP contribution in [0, 0.1) is 5.92 Å². The maximum atomic E-state index is 12.9. The predicted molar refractivity (Wildman–Crippen MR) is 124 cm³/mol. The summed E-state index contributed by atoms with van der Waals surface area (Å²) in [4.78, 5) is 44.6. The molecule has 170 valence electrons. The summed E-state index contributed by atoms with van der Waals surface area (Å²) in [6, 6.07) is 13.8. The van der Waals surface area contributed by atoms with E-state index in [0.717, 1.165) is 25.2 Å². The van der Waals surface area contributed by atoms with E-state index in [1.807, 2.05) is 29.6 Å². The molecule has 0 saturated carbocycles. The van der Waals surface area contributed by atoms with Crippen molar-refractivity contribution < 1.29 is 19.1 Å². The van der Waals surface area contributed by atoms with E-state index in [1.54, 1.807) is 22.8 Å². The Morgan fingerprint density at radius 1 is 0.969 bits per heavy atom. The number of esters is 1. The summed E-state index contributed by atoms with van der Waals surface area (Å²) >= 11 is 1.40. The number of piperidine rings is 1. The number of ether oxygens (including phenoxy) is 1. The first kappa shape index (κ1) is 22.3. The van der Waals surface area contributed by atoms with Gasteiger partial charge in [0.1, 0.15) is 0 Å². The highest BCUT2D eigenvalue weighted by Gasteiger charge is 2.33. The fourth-order valence-corrected chi connectivity index (χ4v) is 5.00. The van der Waals surface area contributed by atoms with Gasteiger partial charge in [0.25, 0.3) is 11.8 Å². The van der Waals surface area contributed by atoms with Gasteiger partial charge in [-0.15, -0.1) is 11.3 Å². The maximum absolute atomic E-state index is 12.9. The fourth-order valence-electron chi connectivity index (χ4n) is 4.31. The molecule has 0 bridgehead atoms. The van der Waals surface area contributed by atoms with Gasteiger partial charge in [0.2, 0.25) is 0 Å². The van der Waals surface area contributed by atoms with Gasteiger partial charge in [0.15, 0.2) is 6.10 Å². The lowest BCUT2D eigenvalue weighted by Gasteiger charge is -2.37. The molecule has 4 rings (SSSR count). The molecule has 2 saturated heterocycles. The molecule has 2 unspecified atom stereocenters. The average Bonchev–Trinajstić information content (AvgIpc) is 3.39. The molecule has 2 aliphatic rings. The zero-order valence-corrected chi connectivity index (χ0v) is 19.1. The van der Waals surface area contributed by atoms with Crippen LogP contribution in [0.25, 0.3) is 0 Å². The van der Waals surface area contributed by atoms with Crippen molar-refractivity contribution in [2.75, 3.05) is 44.2 Å². The number of nitrogens with zero attached hydrogens (tertiary/aromatic N) is 3. The van der Waals surface area contributed by atoms with E-state index in [1.165, 1.54) is 11.3 Å². The second-order valence-corrected chi connectivity index (χ2v) is 9.24. The molecule has 7 nitrogen and oxygen atoms in total. The van der Waals surface area contributed by atoms with Gasteiger partial charge in [-0.1, -0.05) is 24.3 Å². The first-order valence-corrected chi connectivity index (χ1v) is 12.0. The molecule has 32 heavy (non-hydrogen) atoms. The number of thiophene rings is 1. The Morgan fingerprint density at radius 3 is 2.41 bits per heavy atom. The van der Waals surface area contributed by atoms with Crippen molar-refractivity contribution in [1.29, 1.82) is 0 Å². The van der Waals surface area contributed by atoms with Gasteiger partial charge < -0.3 is 19.4 Å². The van der Waals surface area contributed by atoms with Crippen LogP contribution in [0.2, 0.25) is 0 Å². The Morgan fingerprint density at radius 2 is 1.72 bits per heavy atom. The number of rotatable bonds is 5. The van der Waals surface area contributed by atoms with E-state index in [0.29, 0.717) is 37.5 Å². The highest BCUT2D eigenvalue weighted by Crippen LogP contribution is 2.22. The Hall–Kier alpha value is -2.87. The van der Waals surface area contributed by atoms with E-state index >= 15 is 0 Å². The molecule has 0 N–H and O–H groups in total. The minimum Gasteiger partial charge on any atom is -0.452 e. The van der Waals surface area contributed by atoms with Crippen LogP contribution in [-0.2, 0) is 14.3 Å². The third kappa shape index (κ3) is 5.12. The molecular weight excluding hydrogens is 426 g/mol. The van der Waals surface area contributed by atoms with Crippen LogP contribution >= 0.6 is 11.3 Å². The van der Waals surface area contributed by atoms with Crippen LogP contribution in [-0.4, -0.2) is 73.0 Å². The number of piperazine rings is 1. The number of likely N-dealkylation sites (tertiary alicyclic amines) is 1. The van der Waals surface area contributed by atoms with E-state index < -0.39 is 18.0 Å². The second-order valence-electron chi connectivity index (χ2n) is 8.29. The average molecular weight is 456 g/mol. The Kier molecular flexibility index (Phi) is 7.09. The van der Waals surface area contributed by atoms with Gasteiger partial charge in [-0.3, -0.25) is 14.4 Å². The third-order valence-electron chi connectivity index (χ3n) is 6.13. The number of benzene rings is 1. The van der Waals surface area contributed by atoms with Crippen LogP contribution in [0.3, 0.4) is 0 Å². The summed E-state index contributed by atoms with van der Waals surface area (Å²) in [6.45, 7) is 5.32. The maximum Gasteiger partial charge on any atom is 0.311 e. The normalized spacial score (nSPS) is 20.0. The Balaban J connectivity index is 1.27. The first-order chi connectivity index (χ1) is 15.5. The molecule has 0 spiro atoms. The summed E-state index contributed by atoms with van der Waals surface area (Å²) in [5.41, 5.74) is 1.15. The van der Waals surface area contributed by atoms with Crippen molar-refractivity contribution in [2.24, 2.45) is 5.92 Å². The predicted octanol–water partition coefficient (Wildman–Crippen LogP) is 2.88. The molecule has 1 aromatic carbocycles. The third-order valence-corrected chi connectivity index (χ3v) is 6.99. The van der Waals surface area contributed by atoms with Crippen molar-refractivity contribution in [3.8, 4) is 0 Å². The van der Waals surface area contributed by atoms with Crippen LogP contribution in [0.15, 0.2) is 47.8 Å². The van der Waals surface area contributed by atoms with Gasteiger partial charge in [-0.05, 0) is 43.3 Å².